The number of benzene rings is 2. The number of allylic oxidation sites excluding steroid dienone is 1. The molecule has 0 bridgehead atoms. The highest BCUT2D eigenvalue weighted by molar-refractivity contribution is 5.78. The van der Waals surface area contributed by atoms with Crippen LogP contribution in [0, 0.1) is 30.3 Å². The molecule has 7 nitrogen and oxygen atoms in total. The summed E-state index contributed by atoms with van der Waals surface area (Å²) >= 11 is 0. The first kappa shape index (κ1) is 30.0. The van der Waals surface area contributed by atoms with Crippen molar-refractivity contribution >= 4 is 29.1 Å². The fourth-order valence-electron chi connectivity index (χ4n) is 4.80. The minimum atomic E-state index is -0.948. The molecule has 2 aromatic carbocycles. The average molecular weight is 568 g/mol. The van der Waals surface area contributed by atoms with E-state index in [-0.39, 0.29) is 28.6 Å². The van der Waals surface area contributed by atoms with E-state index in [0.29, 0.717) is 24.1 Å². The highest BCUT2D eigenvalue weighted by atomic mass is 19.1. The summed E-state index contributed by atoms with van der Waals surface area (Å²) in [5.74, 6) is -3.91. The Morgan fingerprint density at radius 2 is 1.76 bits per heavy atom. The molecular weight excluding hydrogens is 531 g/mol. The number of rotatable bonds is 10. The summed E-state index contributed by atoms with van der Waals surface area (Å²) in [5.41, 5.74) is 2.43. The SMILES string of the molecule is CCC(C/C(C)=C\c1c(C)c(F)cc(Oc2ncnc(Nc3ccc(N4CCN(C)CC4)cc3)c2F)c1F)C(C)=O. The molecule has 0 spiro atoms. The monoisotopic (exact) mass is 567 g/mol. The van der Waals surface area contributed by atoms with Gasteiger partial charge in [0.15, 0.2) is 17.4 Å². The number of halogens is 3. The van der Waals surface area contributed by atoms with E-state index in [1.165, 1.54) is 19.9 Å². The van der Waals surface area contributed by atoms with Gasteiger partial charge in [-0.25, -0.2) is 13.8 Å². The maximum Gasteiger partial charge on any atom is 0.261 e. The van der Waals surface area contributed by atoms with E-state index < -0.39 is 29.1 Å². The number of hydrogen-bond donors (Lipinski definition) is 1. The molecule has 1 fully saturated rings. The van der Waals surface area contributed by atoms with Gasteiger partial charge >= 0.3 is 0 Å². The minimum absolute atomic E-state index is 0.0239. The van der Waals surface area contributed by atoms with Crippen molar-refractivity contribution in [1.29, 1.82) is 0 Å². The molecule has 1 aliphatic rings. The third kappa shape index (κ3) is 7.24. The maximum atomic E-state index is 15.5. The van der Waals surface area contributed by atoms with Crippen LogP contribution in [-0.2, 0) is 4.79 Å². The van der Waals surface area contributed by atoms with E-state index in [0.717, 1.165) is 44.3 Å². The van der Waals surface area contributed by atoms with Crippen LogP contribution in [0.1, 0.15) is 44.7 Å². The van der Waals surface area contributed by atoms with Gasteiger partial charge in [0.2, 0.25) is 5.82 Å². The van der Waals surface area contributed by atoms with Gasteiger partial charge in [0.1, 0.15) is 17.9 Å². The van der Waals surface area contributed by atoms with Gasteiger partial charge in [0.25, 0.3) is 5.88 Å². The van der Waals surface area contributed by atoms with Crippen molar-refractivity contribution in [2.45, 2.75) is 40.5 Å². The Balaban J connectivity index is 1.54. The van der Waals surface area contributed by atoms with Crippen molar-refractivity contribution in [1.82, 2.24) is 14.9 Å². The fraction of sp³-hybridized carbons (Fsp3) is 0.387. The number of nitrogens with one attached hydrogen (secondary N) is 1. The molecular formula is C31H36F3N5O2. The van der Waals surface area contributed by atoms with Gasteiger partial charge in [-0.05, 0) is 70.5 Å². The van der Waals surface area contributed by atoms with E-state index in [2.05, 4.69) is 32.1 Å². The topological polar surface area (TPSA) is 70.6 Å². The van der Waals surface area contributed by atoms with Crippen LogP contribution in [0.25, 0.3) is 6.08 Å². The largest absolute Gasteiger partial charge is 0.433 e. The molecule has 0 aliphatic carbocycles. The number of ether oxygens (including phenoxy) is 1. The number of hydrogen-bond acceptors (Lipinski definition) is 7. The summed E-state index contributed by atoms with van der Waals surface area (Å²) in [6, 6.07) is 8.41. The predicted octanol–water partition coefficient (Wildman–Crippen LogP) is 6.90. The molecule has 1 aromatic heterocycles. The normalized spacial score (nSPS) is 15.1. The Morgan fingerprint density at radius 3 is 2.39 bits per heavy atom. The highest BCUT2D eigenvalue weighted by Crippen LogP contribution is 2.34. The number of carbonyl (C=O) groups is 1. The van der Waals surface area contributed by atoms with Crippen LogP contribution in [0.4, 0.5) is 30.4 Å². The van der Waals surface area contributed by atoms with Gasteiger partial charge in [0.05, 0.1) is 0 Å². The van der Waals surface area contributed by atoms with E-state index >= 15 is 8.78 Å². The second-order valence-corrected chi connectivity index (χ2v) is 10.5. The number of likely N-dealkylation sites (N-methyl/N-ethyl adjacent to an activating group) is 1. The van der Waals surface area contributed by atoms with Crippen molar-refractivity contribution in [2.75, 3.05) is 43.4 Å². The van der Waals surface area contributed by atoms with Gasteiger partial charge in [-0.1, -0.05) is 18.6 Å². The summed E-state index contributed by atoms with van der Waals surface area (Å²) < 4.78 is 51.1. The van der Waals surface area contributed by atoms with Crippen molar-refractivity contribution in [3.05, 3.63) is 70.8 Å². The molecule has 4 rings (SSSR count). The van der Waals surface area contributed by atoms with Crippen LogP contribution in [-0.4, -0.2) is 53.9 Å². The van der Waals surface area contributed by atoms with Gasteiger partial charge in [-0.15, -0.1) is 0 Å². The summed E-state index contributed by atoms with van der Waals surface area (Å²) in [7, 11) is 2.10. The summed E-state index contributed by atoms with van der Waals surface area (Å²) in [5, 5.41) is 2.90. The number of aromatic nitrogens is 2. The van der Waals surface area contributed by atoms with Gasteiger partial charge in [0, 0.05) is 55.1 Å². The number of anilines is 3. The first-order valence-electron chi connectivity index (χ1n) is 13.7. The Kier molecular flexibility index (Phi) is 9.65. The lowest BCUT2D eigenvalue weighted by atomic mass is 9.92. The first-order valence-corrected chi connectivity index (χ1v) is 13.7. The lowest BCUT2D eigenvalue weighted by Gasteiger charge is -2.34. The molecule has 1 aliphatic heterocycles. The standard InChI is InChI=1S/C31H36F3N5O2/c1-6-22(21(4)40)15-19(2)16-25-20(3)26(32)17-27(28(25)33)41-31-29(34)30(35-18-36-31)37-23-7-9-24(10-8-23)39-13-11-38(5)12-14-39/h7-10,16-18,22H,6,11-15H2,1-5H3,(H,35,36,37)/b19-16-. The van der Waals surface area contributed by atoms with Crippen LogP contribution in [0.3, 0.4) is 0 Å². The molecule has 1 unspecified atom stereocenters. The lowest BCUT2D eigenvalue weighted by Crippen LogP contribution is -2.44. The zero-order valence-corrected chi connectivity index (χ0v) is 24.1. The van der Waals surface area contributed by atoms with Crippen molar-refractivity contribution in [3.8, 4) is 11.6 Å². The minimum Gasteiger partial charge on any atom is -0.433 e. The molecule has 0 amide bonds. The first-order chi connectivity index (χ1) is 19.6. The Bertz CT molecular complexity index is 1420. The van der Waals surface area contributed by atoms with Crippen molar-refractivity contribution in [3.63, 3.8) is 0 Å². The summed E-state index contributed by atoms with van der Waals surface area (Å²) in [6.45, 7) is 10.5. The predicted molar refractivity (Wildman–Crippen MR) is 155 cm³/mol. The Morgan fingerprint density at radius 1 is 1.07 bits per heavy atom. The number of ketones is 1. The molecule has 3 aromatic rings. The second kappa shape index (κ2) is 13.2. The molecule has 218 valence electrons. The molecule has 2 heterocycles. The van der Waals surface area contributed by atoms with Crippen molar-refractivity contribution in [2.24, 2.45) is 5.92 Å². The van der Waals surface area contributed by atoms with E-state index in [9.17, 15) is 9.18 Å². The van der Waals surface area contributed by atoms with Crippen LogP contribution in [0.5, 0.6) is 11.6 Å². The zero-order chi connectivity index (χ0) is 29.7. The smallest absolute Gasteiger partial charge is 0.261 e. The van der Waals surface area contributed by atoms with Crippen LogP contribution < -0.4 is 15.0 Å². The number of piperazine rings is 1. The Labute approximate surface area is 239 Å². The third-order valence-electron chi connectivity index (χ3n) is 7.46. The van der Waals surface area contributed by atoms with Gasteiger partial charge in [-0.2, -0.15) is 9.37 Å². The summed E-state index contributed by atoms with van der Waals surface area (Å²) in [4.78, 5) is 24.2. The van der Waals surface area contributed by atoms with Gasteiger partial charge < -0.3 is 19.9 Å². The van der Waals surface area contributed by atoms with E-state index in [1.54, 1.807) is 6.92 Å². The second-order valence-electron chi connectivity index (χ2n) is 10.5. The molecule has 0 radical (unpaired) electrons. The summed E-state index contributed by atoms with van der Waals surface area (Å²) in [6.07, 6.45) is 3.65. The molecule has 1 atom stereocenters. The quantitative estimate of drug-likeness (QED) is 0.286. The number of Topliss-reactive ketones (excluding diaryl/α,β-unsaturated/α-hetero) is 1. The lowest BCUT2D eigenvalue weighted by molar-refractivity contribution is -0.120. The van der Waals surface area contributed by atoms with Crippen molar-refractivity contribution < 1.29 is 22.7 Å². The van der Waals surface area contributed by atoms with Crippen LogP contribution in [0.15, 0.2) is 42.2 Å². The number of carbonyl (C=O) groups excluding carboxylic acids is 1. The zero-order valence-electron chi connectivity index (χ0n) is 24.1. The highest BCUT2D eigenvalue weighted by Gasteiger charge is 2.21. The Hall–Kier alpha value is -3.92. The van der Waals surface area contributed by atoms with Crippen LogP contribution in [0.2, 0.25) is 0 Å². The molecule has 0 saturated carbocycles. The molecule has 41 heavy (non-hydrogen) atoms. The maximum absolute atomic E-state index is 15.5. The molecule has 10 heteroatoms. The average Bonchev–Trinajstić information content (AvgIpc) is 2.95. The van der Waals surface area contributed by atoms with E-state index in [4.69, 9.17) is 4.74 Å². The molecule has 1 N–H and O–H groups in total. The number of nitrogens with zero attached hydrogens (tertiary/aromatic N) is 4. The third-order valence-corrected chi connectivity index (χ3v) is 7.46. The van der Waals surface area contributed by atoms with Gasteiger partial charge in [-0.3, -0.25) is 4.79 Å². The fourth-order valence-corrected chi connectivity index (χ4v) is 4.80. The van der Waals surface area contributed by atoms with E-state index in [1.807, 2.05) is 31.2 Å². The molecule has 1 saturated heterocycles. The van der Waals surface area contributed by atoms with Crippen LogP contribution >= 0.6 is 0 Å².